The average molecular weight is 297 g/mol. The molecule has 0 bridgehead atoms. The Morgan fingerprint density at radius 2 is 2.21 bits per heavy atom. The summed E-state index contributed by atoms with van der Waals surface area (Å²) >= 11 is 2.88. The van der Waals surface area contributed by atoms with E-state index in [0.717, 1.165) is 4.88 Å². The maximum atomic E-state index is 11.9. The van der Waals surface area contributed by atoms with Gasteiger partial charge in [0, 0.05) is 24.0 Å². The highest BCUT2D eigenvalue weighted by atomic mass is 32.2. The number of hydrogen-bond donors (Lipinski definition) is 0. The van der Waals surface area contributed by atoms with Crippen LogP contribution in [-0.4, -0.2) is 32.5 Å². The van der Waals surface area contributed by atoms with Crippen LogP contribution in [0, 0.1) is 11.3 Å². The maximum Gasteiger partial charge on any atom is 0.221 e. The monoisotopic (exact) mass is 297 g/mol. The highest BCUT2D eigenvalue weighted by Gasteiger charge is 2.21. The molecule has 19 heavy (non-hydrogen) atoms. The van der Waals surface area contributed by atoms with Crippen LogP contribution in [0.2, 0.25) is 0 Å². The third-order valence-electron chi connectivity index (χ3n) is 2.42. The molecule has 1 aromatic rings. The van der Waals surface area contributed by atoms with Crippen LogP contribution in [0.25, 0.3) is 0 Å². The quantitative estimate of drug-likeness (QED) is 0.572. The SMILES string of the molecule is COC(OC)C(=O)/C=C(/SC)C(C#N)c1cccs1. The van der Waals surface area contributed by atoms with Crippen molar-refractivity contribution in [3.8, 4) is 6.07 Å². The summed E-state index contributed by atoms with van der Waals surface area (Å²) in [6.45, 7) is 0. The van der Waals surface area contributed by atoms with Crippen LogP contribution in [0.1, 0.15) is 10.8 Å². The maximum absolute atomic E-state index is 11.9. The van der Waals surface area contributed by atoms with Gasteiger partial charge in [0.25, 0.3) is 0 Å². The fourth-order valence-electron chi connectivity index (χ4n) is 1.52. The van der Waals surface area contributed by atoms with E-state index in [0.29, 0.717) is 4.91 Å². The van der Waals surface area contributed by atoms with Crippen LogP contribution in [0.4, 0.5) is 0 Å². The van der Waals surface area contributed by atoms with Gasteiger partial charge < -0.3 is 9.47 Å². The van der Waals surface area contributed by atoms with E-state index in [1.54, 1.807) is 0 Å². The molecule has 0 aromatic carbocycles. The third kappa shape index (κ3) is 4.18. The number of carbonyl (C=O) groups is 1. The highest BCUT2D eigenvalue weighted by molar-refractivity contribution is 8.02. The van der Waals surface area contributed by atoms with Gasteiger partial charge in [-0.25, -0.2) is 0 Å². The summed E-state index contributed by atoms with van der Waals surface area (Å²) in [5.74, 6) is -0.723. The van der Waals surface area contributed by atoms with Gasteiger partial charge in [0.05, 0.1) is 6.07 Å². The van der Waals surface area contributed by atoms with Crippen LogP contribution in [0.15, 0.2) is 28.5 Å². The van der Waals surface area contributed by atoms with E-state index in [-0.39, 0.29) is 5.78 Å². The third-order valence-corrected chi connectivity index (χ3v) is 4.18. The highest BCUT2D eigenvalue weighted by Crippen LogP contribution is 2.33. The van der Waals surface area contributed by atoms with Crippen molar-refractivity contribution in [1.82, 2.24) is 0 Å². The average Bonchev–Trinajstić information content (AvgIpc) is 2.93. The van der Waals surface area contributed by atoms with E-state index in [1.807, 2.05) is 23.8 Å². The van der Waals surface area contributed by atoms with Crippen LogP contribution >= 0.6 is 23.1 Å². The lowest BCUT2D eigenvalue weighted by Gasteiger charge is -2.13. The van der Waals surface area contributed by atoms with Gasteiger partial charge in [-0.2, -0.15) is 5.26 Å². The zero-order valence-corrected chi connectivity index (χ0v) is 12.6. The predicted molar refractivity (Wildman–Crippen MR) is 77.1 cm³/mol. The van der Waals surface area contributed by atoms with Gasteiger partial charge in [0.1, 0.15) is 5.92 Å². The molecule has 1 atom stereocenters. The second-order valence-corrected chi connectivity index (χ2v) is 5.39. The standard InChI is InChI=1S/C13H15NO3S2/c1-16-13(17-2)10(15)7-12(18-3)9(8-14)11-5-4-6-19-11/h4-7,9,13H,1-3H3/b12-7+. The summed E-state index contributed by atoms with van der Waals surface area (Å²) in [5.41, 5.74) is 0. The first-order valence-electron chi connectivity index (χ1n) is 5.46. The fraction of sp³-hybridized carbons (Fsp3) is 0.385. The first kappa shape index (κ1) is 15.9. The lowest BCUT2D eigenvalue weighted by molar-refractivity contribution is -0.151. The van der Waals surface area contributed by atoms with Crippen molar-refractivity contribution in [3.63, 3.8) is 0 Å². The summed E-state index contributed by atoms with van der Waals surface area (Å²) in [4.78, 5) is 13.5. The smallest absolute Gasteiger partial charge is 0.221 e. The van der Waals surface area contributed by atoms with Crippen molar-refractivity contribution < 1.29 is 14.3 Å². The minimum absolute atomic E-state index is 0.300. The van der Waals surface area contributed by atoms with Gasteiger partial charge in [-0.3, -0.25) is 4.79 Å². The van der Waals surface area contributed by atoms with Gasteiger partial charge in [-0.1, -0.05) is 6.07 Å². The molecule has 0 aliphatic carbocycles. The van der Waals surface area contributed by atoms with Crippen molar-refractivity contribution in [1.29, 1.82) is 5.26 Å². The number of thiophene rings is 1. The zero-order valence-electron chi connectivity index (χ0n) is 11.0. The Morgan fingerprint density at radius 3 is 2.63 bits per heavy atom. The lowest BCUT2D eigenvalue weighted by atomic mass is 10.1. The largest absolute Gasteiger partial charge is 0.349 e. The molecule has 0 amide bonds. The molecule has 0 fully saturated rings. The van der Waals surface area contributed by atoms with Crippen molar-refractivity contribution in [2.75, 3.05) is 20.5 Å². The van der Waals surface area contributed by atoms with Crippen molar-refractivity contribution in [2.24, 2.45) is 0 Å². The Bertz CT molecular complexity index is 473. The molecule has 0 saturated carbocycles. The van der Waals surface area contributed by atoms with E-state index in [9.17, 15) is 10.1 Å². The van der Waals surface area contributed by atoms with Crippen LogP contribution < -0.4 is 0 Å². The number of ketones is 1. The Balaban J connectivity index is 2.99. The second kappa shape index (κ2) is 8.12. The predicted octanol–water partition coefficient (Wildman–Crippen LogP) is 2.79. The normalized spacial score (nSPS) is 13.3. The lowest BCUT2D eigenvalue weighted by Crippen LogP contribution is -2.23. The van der Waals surface area contributed by atoms with Gasteiger partial charge in [-0.05, 0) is 23.8 Å². The molecule has 0 aliphatic rings. The molecule has 1 heterocycles. The van der Waals surface area contributed by atoms with Crippen molar-refractivity contribution >= 4 is 28.9 Å². The van der Waals surface area contributed by atoms with E-state index >= 15 is 0 Å². The minimum Gasteiger partial charge on any atom is -0.349 e. The van der Waals surface area contributed by atoms with Crippen LogP contribution in [0.3, 0.4) is 0 Å². The molecular weight excluding hydrogens is 282 g/mol. The molecule has 0 N–H and O–H groups in total. The van der Waals surface area contributed by atoms with Gasteiger partial charge in [0.15, 0.2) is 0 Å². The number of hydrogen-bond acceptors (Lipinski definition) is 6. The van der Waals surface area contributed by atoms with Gasteiger partial charge in [0.2, 0.25) is 12.1 Å². The Hall–Kier alpha value is -1.13. The summed E-state index contributed by atoms with van der Waals surface area (Å²) in [7, 11) is 2.80. The Kier molecular flexibility index (Phi) is 6.81. The minimum atomic E-state index is -0.926. The van der Waals surface area contributed by atoms with E-state index in [4.69, 9.17) is 9.47 Å². The molecular formula is C13H15NO3S2. The number of ether oxygens (including phenoxy) is 2. The van der Waals surface area contributed by atoms with Crippen molar-refractivity contribution in [2.45, 2.75) is 12.2 Å². The molecule has 0 spiro atoms. The molecule has 0 radical (unpaired) electrons. The Morgan fingerprint density at radius 1 is 1.53 bits per heavy atom. The Labute approximate surface area is 121 Å². The van der Waals surface area contributed by atoms with Gasteiger partial charge in [-0.15, -0.1) is 23.1 Å². The summed E-state index contributed by atoms with van der Waals surface area (Å²) in [5, 5.41) is 11.2. The molecule has 0 aliphatic heterocycles. The van der Waals surface area contributed by atoms with Crippen molar-refractivity contribution in [3.05, 3.63) is 33.4 Å². The first-order chi connectivity index (χ1) is 9.17. The summed E-state index contributed by atoms with van der Waals surface area (Å²) in [6, 6.07) is 6.00. The number of thioether (sulfide) groups is 1. The topological polar surface area (TPSA) is 59.3 Å². The summed E-state index contributed by atoms with van der Waals surface area (Å²) < 4.78 is 9.81. The van der Waals surface area contributed by atoms with E-state index in [1.165, 1.54) is 43.4 Å². The van der Waals surface area contributed by atoms with Gasteiger partial charge >= 0.3 is 0 Å². The molecule has 1 rings (SSSR count). The molecule has 1 aromatic heterocycles. The molecule has 1 unspecified atom stereocenters. The van der Waals surface area contributed by atoms with Crippen LogP contribution in [0.5, 0.6) is 0 Å². The molecule has 102 valence electrons. The molecule has 4 nitrogen and oxygen atoms in total. The van der Waals surface area contributed by atoms with Crippen LogP contribution in [-0.2, 0) is 14.3 Å². The summed E-state index contributed by atoms with van der Waals surface area (Å²) in [6.07, 6.45) is 2.34. The second-order valence-electron chi connectivity index (χ2n) is 3.53. The first-order valence-corrected chi connectivity index (χ1v) is 7.56. The number of rotatable bonds is 7. The number of nitrogens with zero attached hydrogens (tertiary/aromatic N) is 1. The zero-order chi connectivity index (χ0) is 14.3. The number of carbonyl (C=O) groups excluding carboxylic acids is 1. The molecule has 6 heteroatoms. The fourth-order valence-corrected chi connectivity index (χ4v) is 3.03. The number of methoxy groups -OCH3 is 2. The van der Waals surface area contributed by atoms with E-state index in [2.05, 4.69) is 6.07 Å². The number of allylic oxidation sites excluding steroid dienone is 1. The molecule has 0 saturated heterocycles. The number of nitriles is 1. The van der Waals surface area contributed by atoms with E-state index < -0.39 is 12.2 Å².